The van der Waals surface area contributed by atoms with Crippen LogP contribution in [0.4, 0.5) is 5.95 Å². The molecule has 0 bridgehead atoms. The number of hydrogen-bond acceptors (Lipinski definition) is 4. The number of imidazole rings is 1. The van der Waals surface area contributed by atoms with Crippen LogP contribution in [0.5, 0.6) is 0 Å². The number of aryl methyl sites for hydroxylation is 3. The molecule has 0 amide bonds. The topological polar surface area (TPSA) is 61.7 Å². The summed E-state index contributed by atoms with van der Waals surface area (Å²) in [6, 6.07) is 4.61. The average Bonchev–Trinajstić information content (AvgIpc) is 2.98. The van der Waals surface area contributed by atoms with Gasteiger partial charge in [0.1, 0.15) is 5.52 Å². The molecule has 0 saturated heterocycles. The number of fused-ring (bicyclic) bond motifs is 1. The number of aromatic nitrogens is 4. The fraction of sp³-hybridized carbons (Fsp3) is 0.429. The summed E-state index contributed by atoms with van der Waals surface area (Å²) in [5.41, 5.74) is 8.94. The van der Waals surface area contributed by atoms with Gasteiger partial charge in [-0.2, -0.15) is 5.10 Å². The third-order valence-corrected chi connectivity index (χ3v) is 4.62. The summed E-state index contributed by atoms with van der Waals surface area (Å²) in [4.78, 5) is 7.17. The molecule has 6 heteroatoms. The minimum Gasteiger partial charge on any atom is -0.369 e. The Kier molecular flexibility index (Phi) is 3.05. The molecule has 3 heterocycles. The molecule has 2 N–H and O–H groups in total. The van der Waals surface area contributed by atoms with Crippen molar-refractivity contribution in [2.45, 2.75) is 33.2 Å². The van der Waals surface area contributed by atoms with Crippen LogP contribution in [-0.4, -0.2) is 19.3 Å². The maximum atomic E-state index is 6.11. The van der Waals surface area contributed by atoms with E-state index in [1.807, 2.05) is 30.0 Å². The summed E-state index contributed by atoms with van der Waals surface area (Å²) >= 11 is 1.84. The summed E-state index contributed by atoms with van der Waals surface area (Å²) in [6.45, 7) is 6.27. The first-order chi connectivity index (χ1) is 9.47. The SMILES string of the molecule is Cc1ccc(CC(C)n2c(N)nc3c(C)nn(C)c32)s1. The van der Waals surface area contributed by atoms with Gasteiger partial charge in [0, 0.05) is 29.3 Å². The average molecular weight is 289 g/mol. The zero-order chi connectivity index (χ0) is 14.4. The van der Waals surface area contributed by atoms with Crippen LogP contribution in [0, 0.1) is 13.8 Å². The van der Waals surface area contributed by atoms with Crippen LogP contribution in [-0.2, 0) is 13.5 Å². The Morgan fingerprint density at radius 3 is 2.75 bits per heavy atom. The first-order valence-electron chi connectivity index (χ1n) is 6.69. The fourth-order valence-corrected chi connectivity index (χ4v) is 3.73. The Bertz CT molecular complexity index is 764. The lowest BCUT2D eigenvalue weighted by Crippen LogP contribution is -2.13. The van der Waals surface area contributed by atoms with Gasteiger partial charge in [-0.3, -0.25) is 9.25 Å². The Balaban J connectivity index is 2.02. The molecule has 0 radical (unpaired) electrons. The molecule has 0 saturated carbocycles. The van der Waals surface area contributed by atoms with E-state index in [-0.39, 0.29) is 6.04 Å². The monoisotopic (exact) mass is 289 g/mol. The number of nitrogens with zero attached hydrogens (tertiary/aromatic N) is 4. The van der Waals surface area contributed by atoms with Crippen molar-refractivity contribution in [3.8, 4) is 0 Å². The molecule has 5 nitrogen and oxygen atoms in total. The first kappa shape index (κ1) is 13.2. The van der Waals surface area contributed by atoms with E-state index in [0.717, 1.165) is 23.3 Å². The van der Waals surface area contributed by atoms with Gasteiger partial charge in [-0.05, 0) is 32.9 Å². The normalized spacial score (nSPS) is 13.2. The van der Waals surface area contributed by atoms with Crippen molar-refractivity contribution in [1.82, 2.24) is 19.3 Å². The highest BCUT2D eigenvalue weighted by Gasteiger charge is 2.20. The second kappa shape index (κ2) is 4.63. The van der Waals surface area contributed by atoms with Crippen molar-refractivity contribution in [1.29, 1.82) is 0 Å². The molecule has 0 fully saturated rings. The summed E-state index contributed by atoms with van der Waals surface area (Å²) < 4.78 is 3.95. The van der Waals surface area contributed by atoms with Gasteiger partial charge in [-0.15, -0.1) is 11.3 Å². The molecular formula is C14H19N5S. The van der Waals surface area contributed by atoms with Crippen LogP contribution in [0.2, 0.25) is 0 Å². The molecule has 0 aliphatic rings. The van der Waals surface area contributed by atoms with Crippen LogP contribution in [0.15, 0.2) is 12.1 Å². The second-order valence-electron chi connectivity index (χ2n) is 5.29. The second-order valence-corrected chi connectivity index (χ2v) is 6.66. The van der Waals surface area contributed by atoms with Gasteiger partial charge in [0.25, 0.3) is 0 Å². The van der Waals surface area contributed by atoms with Crippen molar-refractivity contribution in [2.24, 2.45) is 7.05 Å². The summed E-state index contributed by atoms with van der Waals surface area (Å²) in [5, 5.41) is 4.43. The molecule has 0 aliphatic heterocycles. The Morgan fingerprint density at radius 1 is 1.35 bits per heavy atom. The van der Waals surface area contributed by atoms with Gasteiger partial charge in [0.2, 0.25) is 5.95 Å². The van der Waals surface area contributed by atoms with Gasteiger partial charge in [-0.1, -0.05) is 0 Å². The molecule has 106 valence electrons. The Hall–Kier alpha value is -1.82. The molecule has 1 unspecified atom stereocenters. The lowest BCUT2D eigenvalue weighted by atomic mass is 10.2. The van der Waals surface area contributed by atoms with Gasteiger partial charge < -0.3 is 5.73 Å². The number of hydrogen-bond donors (Lipinski definition) is 1. The van der Waals surface area contributed by atoms with Gasteiger partial charge in [0.15, 0.2) is 5.65 Å². The summed E-state index contributed by atoms with van der Waals surface area (Å²) in [5.74, 6) is 0.567. The maximum Gasteiger partial charge on any atom is 0.202 e. The molecule has 3 aromatic rings. The molecule has 1 atom stereocenters. The molecular weight excluding hydrogens is 270 g/mol. The predicted octanol–water partition coefficient (Wildman–Crippen LogP) is 2.83. The van der Waals surface area contributed by atoms with E-state index in [1.54, 1.807) is 0 Å². The van der Waals surface area contributed by atoms with Crippen molar-refractivity contribution >= 4 is 28.4 Å². The van der Waals surface area contributed by atoms with Crippen LogP contribution in [0.3, 0.4) is 0 Å². The lowest BCUT2D eigenvalue weighted by molar-refractivity contribution is 0.555. The molecule has 3 aromatic heterocycles. The fourth-order valence-electron chi connectivity index (χ4n) is 2.72. The molecule has 20 heavy (non-hydrogen) atoms. The highest BCUT2D eigenvalue weighted by atomic mass is 32.1. The third-order valence-electron chi connectivity index (χ3n) is 3.60. The van der Waals surface area contributed by atoms with Crippen molar-refractivity contribution < 1.29 is 0 Å². The summed E-state index contributed by atoms with van der Waals surface area (Å²) in [7, 11) is 1.94. The van der Waals surface area contributed by atoms with Gasteiger partial charge in [0.05, 0.1) is 5.69 Å². The highest BCUT2D eigenvalue weighted by molar-refractivity contribution is 7.11. The zero-order valence-electron chi connectivity index (χ0n) is 12.2. The maximum absolute atomic E-state index is 6.11. The minimum atomic E-state index is 0.257. The lowest BCUT2D eigenvalue weighted by Gasteiger charge is -2.15. The van der Waals surface area contributed by atoms with Crippen LogP contribution in [0.1, 0.15) is 28.4 Å². The number of nitrogen functional groups attached to an aromatic ring is 1. The van der Waals surface area contributed by atoms with Crippen molar-refractivity contribution in [3.05, 3.63) is 27.6 Å². The first-order valence-corrected chi connectivity index (χ1v) is 7.51. The predicted molar refractivity (Wildman–Crippen MR) is 83.1 cm³/mol. The van der Waals surface area contributed by atoms with E-state index in [1.165, 1.54) is 9.75 Å². The molecule has 3 rings (SSSR count). The standard InChI is InChI=1S/C14H19N5S/c1-8(7-11-6-5-9(2)20-11)19-13-12(16-14(19)15)10(3)17-18(13)4/h5-6,8H,7H2,1-4H3,(H2,15,16). The van der Waals surface area contributed by atoms with Crippen molar-refractivity contribution in [2.75, 3.05) is 5.73 Å². The Labute approximate surface area is 122 Å². The number of nitrogens with two attached hydrogens (primary N) is 1. The molecule has 0 spiro atoms. The summed E-state index contributed by atoms with van der Waals surface area (Å²) in [6.07, 6.45) is 0.957. The Morgan fingerprint density at radius 2 is 2.10 bits per heavy atom. The molecule has 0 aliphatic carbocycles. The van der Waals surface area contributed by atoms with E-state index in [2.05, 4.69) is 40.6 Å². The largest absolute Gasteiger partial charge is 0.369 e. The van der Waals surface area contributed by atoms with E-state index in [9.17, 15) is 0 Å². The van der Waals surface area contributed by atoms with E-state index < -0.39 is 0 Å². The van der Waals surface area contributed by atoms with Gasteiger partial charge >= 0.3 is 0 Å². The molecule has 0 aromatic carbocycles. The van der Waals surface area contributed by atoms with Crippen molar-refractivity contribution in [3.63, 3.8) is 0 Å². The number of rotatable bonds is 3. The number of anilines is 1. The van der Waals surface area contributed by atoms with Crippen LogP contribution in [0.25, 0.3) is 11.2 Å². The zero-order valence-corrected chi connectivity index (χ0v) is 13.0. The minimum absolute atomic E-state index is 0.257. The third kappa shape index (κ3) is 2.00. The van der Waals surface area contributed by atoms with E-state index >= 15 is 0 Å². The highest BCUT2D eigenvalue weighted by Crippen LogP contribution is 2.28. The van der Waals surface area contributed by atoms with E-state index in [4.69, 9.17) is 5.73 Å². The van der Waals surface area contributed by atoms with Crippen LogP contribution < -0.4 is 5.73 Å². The number of thiophene rings is 1. The van der Waals surface area contributed by atoms with Crippen LogP contribution >= 0.6 is 11.3 Å². The van der Waals surface area contributed by atoms with E-state index in [0.29, 0.717) is 5.95 Å². The smallest absolute Gasteiger partial charge is 0.202 e. The quantitative estimate of drug-likeness (QED) is 0.806. The van der Waals surface area contributed by atoms with Gasteiger partial charge in [-0.25, -0.2) is 4.98 Å².